The highest BCUT2D eigenvalue weighted by molar-refractivity contribution is 5.98. The fraction of sp³-hybridized carbons (Fsp3) is 0.231. The third kappa shape index (κ3) is 2.53. The summed E-state index contributed by atoms with van der Waals surface area (Å²) in [6.45, 7) is 0. The smallest absolute Gasteiger partial charge is 0.307 e. The lowest BCUT2D eigenvalue weighted by Gasteiger charge is -2.05. The number of nitrogens with zero attached hydrogens (tertiary/aromatic N) is 2. The zero-order chi connectivity index (χ0) is 14.0. The van der Waals surface area contributed by atoms with Gasteiger partial charge in [0.25, 0.3) is 0 Å². The van der Waals surface area contributed by atoms with E-state index in [0.29, 0.717) is 12.1 Å². The zero-order valence-electron chi connectivity index (χ0n) is 9.75. The zero-order valence-corrected chi connectivity index (χ0v) is 9.75. The van der Waals surface area contributed by atoms with Crippen LogP contribution in [0.25, 0.3) is 0 Å². The molecule has 1 amide bonds. The molecule has 2 unspecified atom stereocenters. The predicted molar refractivity (Wildman–Crippen MR) is 63.7 cm³/mol. The molecule has 1 aliphatic rings. The summed E-state index contributed by atoms with van der Waals surface area (Å²) >= 11 is 0. The highest BCUT2D eigenvalue weighted by Crippen LogP contribution is 2.39. The highest BCUT2D eigenvalue weighted by Gasteiger charge is 2.48. The second kappa shape index (κ2) is 4.79. The highest BCUT2D eigenvalue weighted by atomic mass is 16.4. The number of rotatable bonds is 3. The van der Waals surface area contributed by atoms with Gasteiger partial charge in [-0.05, 0) is 24.6 Å². The molecule has 1 fully saturated rings. The average molecular weight is 255 g/mol. The largest absolute Gasteiger partial charge is 0.481 e. The van der Waals surface area contributed by atoms with Crippen molar-refractivity contribution in [2.24, 2.45) is 11.8 Å². The number of anilines is 1. The second-order valence-electron chi connectivity index (χ2n) is 4.26. The van der Waals surface area contributed by atoms with Crippen LogP contribution in [-0.4, -0.2) is 17.0 Å². The Balaban J connectivity index is 2.09. The van der Waals surface area contributed by atoms with Crippen LogP contribution in [0, 0.1) is 34.5 Å². The molecular formula is C13H9N3O3. The van der Waals surface area contributed by atoms with Crippen molar-refractivity contribution in [1.82, 2.24) is 0 Å². The summed E-state index contributed by atoms with van der Waals surface area (Å²) in [6.07, 6.45) is 0.336. The maximum absolute atomic E-state index is 11.7. The van der Waals surface area contributed by atoms with E-state index in [1.807, 2.05) is 12.1 Å². The molecule has 0 spiro atoms. The maximum Gasteiger partial charge on any atom is 0.307 e. The minimum absolute atomic E-state index is 0.172. The summed E-state index contributed by atoms with van der Waals surface area (Å²) in [5, 5.41) is 28.9. The van der Waals surface area contributed by atoms with Gasteiger partial charge in [-0.1, -0.05) is 0 Å². The van der Waals surface area contributed by atoms with Gasteiger partial charge in [0.2, 0.25) is 5.91 Å². The molecular weight excluding hydrogens is 246 g/mol. The molecule has 0 radical (unpaired) electrons. The fourth-order valence-electron chi connectivity index (χ4n) is 1.80. The molecule has 0 aliphatic heterocycles. The number of carbonyl (C=O) groups is 2. The minimum atomic E-state index is -0.974. The summed E-state index contributed by atoms with van der Waals surface area (Å²) in [5.41, 5.74) is 0.790. The lowest BCUT2D eigenvalue weighted by Crippen LogP contribution is -2.16. The number of aliphatic carboxylic acids is 1. The first kappa shape index (κ1) is 12.6. The van der Waals surface area contributed by atoms with Gasteiger partial charge in [0.1, 0.15) is 12.1 Å². The van der Waals surface area contributed by atoms with Gasteiger partial charge < -0.3 is 10.4 Å². The van der Waals surface area contributed by atoms with Crippen molar-refractivity contribution in [1.29, 1.82) is 10.5 Å². The fourth-order valence-corrected chi connectivity index (χ4v) is 1.80. The Labute approximate surface area is 108 Å². The van der Waals surface area contributed by atoms with Crippen LogP contribution in [0.5, 0.6) is 0 Å². The topological polar surface area (TPSA) is 114 Å². The summed E-state index contributed by atoms with van der Waals surface area (Å²) in [5.74, 6) is -2.48. The number of nitriles is 2. The Kier molecular flexibility index (Phi) is 3.17. The van der Waals surface area contributed by atoms with Gasteiger partial charge in [0.05, 0.1) is 23.0 Å². The van der Waals surface area contributed by atoms with E-state index < -0.39 is 17.8 Å². The standard InChI is InChI=1S/C13H9N3O3/c14-5-7-1-2-9(3-8(7)6-15)16-12(17)10-4-11(10)13(18)19/h1-3,10-11H,4H2,(H,16,17)(H,18,19). The van der Waals surface area contributed by atoms with Gasteiger partial charge in [-0.25, -0.2) is 0 Å². The van der Waals surface area contributed by atoms with E-state index in [1.54, 1.807) is 0 Å². The number of carboxylic acids is 1. The van der Waals surface area contributed by atoms with Crippen LogP contribution in [0.2, 0.25) is 0 Å². The molecule has 0 aromatic heterocycles. The number of carboxylic acid groups (broad SMARTS) is 1. The van der Waals surface area contributed by atoms with E-state index >= 15 is 0 Å². The molecule has 1 aromatic rings. The maximum atomic E-state index is 11.7. The molecule has 0 heterocycles. The molecule has 0 saturated heterocycles. The van der Waals surface area contributed by atoms with E-state index in [4.69, 9.17) is 15.6 Å². The number of carbonyl (C=O) groups excluding carboxylic acids is 1. The summed E-state index contributed by atoms with van der Waals surface area (Å²) in [4.78, 5) is 22.4. The lowest BCUT2D eigenvalue weighted by molar-refractivity contribution is -0.139. The first-order chi connectivity index (χ1) is 9.06. The van der Waals surface area contributed by atoms with E-state index in [-0.39, 0.29) is 17.0 Å². The second-order valence-corrected chi connectivity index (χ2v) is 4.26. The summed E-state index contributed by atoms with van der Waals surface area (Å²) < 4.78 is 0. The third-order valence-electron chi connectivity index (χ3n) is 2.97. The first-order valence-corrected chi connectivity index (χ1v) is 5.54. The molecule has 1 aliphatic carbocycles. The monoisotopic (exact) mass is 255 g/mol. The molecule has 2 atom stereocenters. The van der Waals surface area contributed by atoms with Crippen LogP contribution in [0.1, 0.15) is 17.5 Å². The molecule has 94 valence electrons. The number of nitrogens with one attached hydrogen (secondary N) is 1. The van der Waals surface area contributed by atoms with Crippen molar-refractivity contribution < 1.29 is 14.7 Å². The Morgan fingerprint density at radius 2 is 1.89 bits per heavy atom. The predicted octanol–water partition coefficient (Wildman–Crippen LogP) is 1.09. The van der Waals surface area contributed by atoms with Gasteiger partial charge >= 0.3 is 5.97 Å². The van der Waals surface area contributed by atoms with E-state index in [0.717, 1.165) is 0 Å². The van der Waals surface area contributed by atoms with Crippen molar-refractivity contribution in [3.05, 3.63) is 29.3 Å². The molecule has 2 N–H and O–H groups in total. The van der Waals surface area contributed by atoms with E-state index in [1.165, 1.54) is 18.2 Å². The Hall–Kier alpha value is -2.86. The van der Waals surface area contributed by atoms with Gasteiger partial charge in [-0.15, -0.1) is 0 Å². The molecule has 6 nitrogen and oxygen atoms in total. The van der Waals surface area contributed by atoms with Crippen LogP contribution in [0.15, 0.2) is 18.2 Å². The van der Waals surface area contributed by atoms with Crippen LogP contribution < -0.4 is 5.32 Å². The third-order valence-corrected chi connectivity index (χ3v) is 2.97. The van der Waals surface area contributed by atoms with Crippen molar-refractivity contribution >= 4 is 17.6 Å². The van der Waals surface area contributed by atoms with Crippen LogP contribution in [-0.2, 0) is 9.59 Å². The van der Waals surface area contributed by atoms with Gasteiger partial charge in [0, 0.05) is 5.69 Å². The van der Waals surface area contributed by atoms with Crippen molar-refractivity contribution in [2.75, 3.05) is 5.32 Å². The lowest BCUT2D eigenvalue weighted by atomic mass is 10.1. The number of hydrogen-bond donors (Lipinski definition) is 2. The number of hydrogen-bond acceptors (Lipinski definition) is 4. The molecule has 1 aromatic carbocycles. The van der Waals surface area contributed by atoms with E-state index in [9.17, 15) is 9.59 Å². The summed E-state index contributed by atoms with van der Waals surface area (Å²) in [7, 11) is 0. The molecule has 0 bridgehead atoms. The Morgan fingerprint density at radius 1 is 1.21 bits per heavy atom. The number of benzene rings is 1. The van der Waals surface area contributed by atoms with Crippen LogP contribution in [0.4, 0.5) is 5.69 Å². The molecule has 1 saturated carbocycles. The van der Waals surface area contributed by atoms with Crippen molar-refractivity contribution in [3.63, 3.8) is 0 Å². The van der Waals surface area contributed by atoms with Gasteiger partial charge in [-0.3, -0.25) is 9.59 Å². The number of amides is 1. The van der Waals surface area contributed by atoms with Crippen molar-refractivity contribution in [3.8, 4) is 12.1 Å². The molecule has 6 heteroatoms. The van der Waals surface area contributed by atoms with Crippen LogP contribution in [0.3, 0.4) is 0 Å². The SMILES string of the molecule is N#Cc1ccc(NC(=O)C2CC2C(=O)O)cc1C#N. The quantitative estimate of drug-likeness (QED) is 0.839. The van der Waals surface area contributed by atoms with Gasteiger partial charge in [0.15, 0.2) is 0 Å². The Bertz CT molecular complexity index is 640. The normalized spacial score (nSPS) is 19.9. The summed E-state index contributed by atoms with van der Waals surface area (Å²) in [6, 6.07) is 8.08. The van der Waals surface area contributed by atoms with Crippen LogP contribution >= 0.6 is 0 Å². The van der Waals surface area contributed by atoms with E-state index in [2.05, 4.69) is 5.32 Å². The molecule has 2 rings (SSSR count). The minimum Gasteiger partial charge on any atom is -0.481 e. The average Bonchev–Trinajstić information content (AvgIpc) is 3.19. The van der Waals surface area contributed by atoms with Gasteiger partial charge in [-0.2, -0.15) is 10.5 Å². The molecule has 19 heavy (non-hydrogen) atoms. The first-order valence-electron chi connectivity index (χ1n) is 5.54. The Morgan fingerprint density at radius 3 is 2.42 bits per heavy atom. The van der Waals surface area contributed by atoms with Crippen molar-refractivity contribution in [2.45, 2.75) is 6.42 Å².